The number of carboxylic acids is 1. The van der Waals surface area contributed by atoms with Crippen molar-refractivity contribution in [2.24, 2.45) is 0 Å². The summed E-state index contributed by atoms with van der Waals surface area (Å²) in [6.07, 6.45) is 65.9. The molecule has 0 aliphatic heterocycles. The van der Waals surface area contributed by atoms with Gasteiger partial charge < -0.3 is 33.3 Å². The first kappa shape index (κ1) is 66.2. The Labute approximate surface area is 429 Å². The van der Waals surface area contributed by atoms with Crippen molar-refractivity contribution in [1.82, 2.24) is 0 Å². The second kappa shape index (κ2) is 51.6. The number of aliphatic carboxylic acids is 1. The van der Waals surface area contributed by atoms with Crippen LogP contribution in [0.2, 0.25) is 0 Å². The summed E-state index contributed by atoms with van der Waals surface area (Å²) in [4.78, 5) is 37.2. The van der Waals surface area contributed by atoms with Crippen molar-refractivity contribution in [3.05, 3.63) is 97.2 Å². The van der Waals surface area contributed by atoms with Gasteiger partial charge in [0.1, 0.15) is 13.2 Å². The number of carboxylic acid groups (broad SMARTS) is 1. The Morgan fingerprint density at radius 2 is 0.814 bits per heavy atom. The quantitative estimate of drug-likeness (QED) is 0.0195. The van der Waals surface area contributed by atoms with Crippen molar-refractivity contribution < 1.29 is 42.9 Å². The molecule has 0 fully saturated rings. The van der Waals surface area contributed by atoms with E-state index < -0.39 is 24.3 Å². The van der Waals surface area contributed by atoms with Crippen molar-refractivity contribution in [3.63, 3.8) is 0 Å². The summed E-state index contributed by atoms with van der Waals surface area (Å²) in [6.45, 7) is 4.61. The van der Waals surface area contributed by atoms with E-state index in [1.54, 1.807) is 0 Å². The Morgan fingerprint density at radius 1 is 0.443 bits per heavy atom. The molecule has 0 heterocycles. The van der Waals surface area contributed by atoms with Gasteiger partial charge in [-0.3, -0.25) is 9.59 Å². The third kappa shape index (κ3) is 52.0. The summed E-state index contributed by atoms with van der Waals surface area (Å²) in [5, 5.41) is 11.7. The predicted octanol–water partition coefficient (Wildman–Crippen LogP) is 14.8. The molecule has 0 N–H and O–H groups in total. The van der Waals surface area contributed by atoms with Gasteiger partial charge in [-0.2, -0.15) is 0 Å². The van der Waals surface area contributed by atoms with Crippen LogP contribution in [-0.2, 0) is 33.3 Å². The highest BCUT2D eigenvalue weighted by Gasteiger charge is 2.22. The van der Waals surface area contributed by atoms with Crippen molar-refractivity contribution in [3.8, 4) is 0 Å². The number of allylic oxidation sites excluding steroid dienone is 16. The van der Waals surface area contributed by atoms with Crippen LogP contribution in [0.5, 0.6) is 0 Å². The number of ether oxygens (including phenoxy) is 4. The normalized spacial score (nSPS) is 13.6. The highest BCUT2D eigenvalue weighted by atomic mass is 16.7. The summed E-state index contributed by atoms with van der Waals surface area (Å²) in [6, 6.07) is 0. The smallest absolute Gasteiger partial charge is 0.306 e. The summed E-state index contributed by atoms with van der Waals surface area (Å²) in [5.41, 5.74) is 0. The van der Waals surface area contributed by atoms with Crippen LogP contribution in [-0.4, -0.2) is 82.3 Å². The first-order valence-corrected chi connectivity index (χ1v) is 27.9. The Bertz CT molecular complexity index is 1470. The summed E-state index contributed by atoms with van der Waals surface area (Å²) < 4.78 is 22.6. The van der Waals surface area contributed by atoms with Gasteiger partial charge in [0.15, 0.2) is 12.4 Å². The van der Waals surface area contributed by atoms with Gasteiger partial charge in [-0.05, 0) is 77.0 Å². The van der Waals surface area contributed by atoms with Crippen molar-refractivity contribution in [1.29, 1.82) is 0 Å². The fourth-order valence-electron chi connectivity index (χ4n) is 7.32. The number of hydrogen-bond acceptors (Lipinski definition) is 8. The molecule has 9 nitrogen and oxygen atoms in total. The first-order chi connectivity index (χ1) is 34.1. The minimum Gasteiger partial charge on any atom is -0.545 e. The Balaban J connectivity index is 4.29. The molecule has 0 radical (unpaired) electrons. The topological polar surface area (TPSA) is 111 Å². The van der Waals surface area contributed by atoms with Crippen molar-refractivity contribution in [2.45, 2.75) is 225 Å². The lowest BCUT2D eigenvalue weighted by atomic mass is 10.0. The van der Waals surface area contributed by atoms with Crippen LogP contribution in [0.15, 0.2) is 97.2 Å². The molecule has 9 heteroatoms. The van der Waals surface area contributed by atoms with Gasteiger partial charge in [-0.15, -0.1) is 0 Å². The van der Waals surface area contributed by atoms with Gasteiger partial charge in [0.2, 0.25) is 0 Å². The molecule has 0 aromatic carbocycles. The molecule has 0 saturated heterocycles. The molecule has 0 aliphatic carbocycles. The maximum absolute atomic E-state index is 12.8. The number of carbonyl (C=O) groups is 3. The standard InChI is InChI=1S/C61H103NO8/c1-6-8-10-12-14-16-18-20-22-23-24-25-26-27-28-29-30-31-32-33-34-35-36-37-38-40-42-44-46-48-50-52-59(64)70-57(56-69-61(60(65)66)67-54-53-62(3,4)5)55-68-58(63)51-49-47-45-43-41-39-21-19-17-15-13-11-9-7-2/h8,10,14,16,20,22,24-25,27-28,30-31,33-34,36-37,57,61H,6-7,9,11-13,15,17-19,21,23,26,29,32,35,38-56H2,1-5H3/b10-8-,16-14-,22-20-,25-24-,28-27-,31-30-,34-33-,37-36-. The lowest BCUT2D eigenvalue weighted by Gasteiger charge is -2.26. The third-order valence-electron chi connectivity index (χ3n) is 11.6. The lowest BCUT2D eigenvalue weighted by molar-refractivity contribution is -0.870. The molecule has 0 bridgehead atoms. The van der Waals surface area contributed by atoms with Crippen LogP contribution in [0.25, 0.3) is 0 Å². The van der Waals surface area contributed by atoms with Gasteiger partial charge in [-0.25, -0.2) is 0 Å². The second-order valence-corrected chi connectivity index (χ2v) is 19.5. The average molecular weight is 978 g/mol. The maximum atomic E-state index is 12.8. The van der Waals surface area contributed by atoms with Crippen LogP contribution >= 0.6 is 0 Å². The highest BCUT2D eigenvalue weighted by Crippen LogP contribution is 2.15. The zero-order valence-corrected chi connectivity index (χ0v) is 45.4. The number of hydrogen-bond donors (Lipinski definition) is 0. The van der Waals surface area contributed by atoms with Crippen LogP contribution in [0.1, 0.15) is 213 Å². The van der Waals surface area contributed by atoms with Crippen LogP contribution in [0.3, 0.4) is 0 Å². The average Bonchev–Trinajstić information content (AvgIpc) is 3.33. The van der Waals surface area contributed by atoms with Crippen molar-refractivity contribution >= 4 is 17.9 Å². The Kier molecular flexibility index (Phi) is 48.8. The molecular weight excluding hydrogens is 875 g/mol. The molecule has 2 atom stereocenters. The molecule has 0 spiro atoms. The van der Waals surface area contributed by atoms with Gasteiger partial charge in [-0.1, -0.05) is 220 Å². The zero-order valence-electron chi connectivity index (χ0n) is 45.4. The van der Waals surface area contributed by atoms with Crippen molar-refractivity contribution in [2.75, 3.05) is 47.5 Å². The number of rotatable bonds is 50. The molecule has 0 saturated carbocycles. The maximum Gasteiger partial charge on any atom is 0.306 e. The number of carbonyl (C=O) groups excluding carboxylic acids is 3. The summed E-state index contributed by atoms with van der Waals surface area (Å²) in [7, 11) is 5.91. The highest BCUT2D eigenvalue weighted by molar-refractivity contribution is 5.70. The van der Waals surface area contributed by atoms with Gasteiger partial charge in [0.05, 0.1) is 40.3 Å². The monoisotopic (exact) mass is 978 g/mol. The molecular formula is C61H103NO8. The lowest BCUT2D eigenvalue weighted by Crippen LogP contribution is -2.44. The first-order valence-electron chi connectivity index (χ1n) is 27.9. The fraction of sp³-hybridized carbons (Fsp3) is 0.689. The molecule has 0 aromatic heterocycles. The van der Waals surface area contributed by atoms with Crippen LogP contribution < -0.4 is 5.11 Å². The van der Waals surface area contributed by atoms with E-state index in [0.29, 0.717) is 17.4 Å². The number of quaternary nitrogens is 1. The minimum atomic E-state index is -1.63. The van der Waals surface area contributed by atoms with E-state index in [2.05, 4.69) is 111 Å². The van der Waals surface area contributed by atoms with E-state index in [-0.39, 0.29) is 38.6 Å². The molecule has 70 heavy (non-hydrogen) atoms. The number of likely N-dealkylation sites (N-methyl/N-ethyl adjacent to an activating group) is 1. The minimum absolute atomic E-state index is 0.141. The Hall–Kier alpha value is -3.79. The van der Waals surface area contributed by atoms with E-state index in [9.17, 15) is 19.5 Å². The van der Waals surface area contributed by atoms with Gasteiger partial charge >= 0.3 is 11.9 Å². The number of esters is 2. The predicted molar refractivity (Wildman–Crippen MR) is 292 cm³/mol. The second-order valence-electron chi connectivity index (χ2n) is 19.5. The molecule has 0 aromatic rings. The van der Waals surface area contributed by atoms with Crippen LogP contribution in [0, 0.1) is 0 Å². The molecule has 2 unspecified atom stereocenters. The molecule has 0 amide bonds. The molecule has 0 aliphatic rings. The zero-order chi connectivity index (χ0) is 51.3. The van der Waals surface area contributed by atoms with Gasteiger partial charge in [0, 0.05) is 12.8 Å². The Morgan fingerprint density at radius 3 is 1.21 bits per heavy atom. The van der Waals surface area contributed by atoms with E-state index in [1.165, 1.54) is 70.6 Å². The van der Waals surface area contributed by atoms with E-state index in [0.717, 1.165) is 109 Å². The summed E-state index contributed by atoms with van der Waals surface area (Å²) in [5.74, 6) is -2.31. The largest absolute Gasteiger partial charge is 0.545 e. The molecule has 400 valence electrons. The number of unbranched alkanes of at least 4 members (excludes halogenated alkanes) is 19. The van der Waals surface area contributed by atoms with E-state index >= 15 is 0 Å². The SMILES string of the molecule is CC/C=C\C/C=C\C/C=C\C/C=C\C/C=C\C/C=C\C/C=C\C/C=C\CCCCCCCCC(=O)OC(COC(=O)CCCCCCCCCCCCCCCC)COC(OCC[N+](C)(C)C)C(=O)[O-]. The van der Waals surface area contributed by atoms with E-state index in [1.807, 2.05) is 21.1 Å². The number of nitrogens with zero attached hydrogens (tertiary/aromatic N) is 1. The fourth-order valence-corrected chi connectivity index (χ4v) is 7.32. The molecule has 0 rings (SSSR count). The summed E-state index contributed by atoms with van der Waals surface area (Å²) >= 11 is 0. The van der Waals surface area contributed by atoms with Crippen LogP contribution in [0.4, 0.5) is 0 Å². The van der Waals surface area contributed by atoms with Gasteiger partial charge in [0.25, 0.3) is 0 Å². The van der Waals surface area contributed by atoms with E-state index in [4.69, 9.17) is 18.9 Å². The third-order valence-corrected chi connectivity index (χ3v) is 11.6.